The number of hydrogen-bond donors (Lipinski definition) is 0. The van der Waals surface area contributed by atoms with Crippen molar-refractivity contribution in [3.05, 3.63) is 0 Å². The van der Waals surface area contributed by atoms with Crippen LogP contribution < -0.4 is 0 Å². The van der Waals surface area contributed by atoms with Gasteiger partial charge in [-0.15, -0.1) is 0 Å². The molecule has 5 heteroatoms. The van der Waals surface area contributed by atoms with Crippen molar-refractivity contribution in [2.45, 2.75) is 45.2 Å². The van der Waals surface area contributed by atoms with Gasteiger partial charge >= 0.3 is 6.18 Å². The molecule has 15 heavy (non-hydrogen) atoms. The molecule has 0 fully saturated rings. The average Bonchev–Trinajstić information content (AvgIpc) is 2.10. The predicted octanol–water partition coefficient (Wildman–Crippen LogP) is 3.10. The van der Waals surface area contributed by atoms with Gasteiger partial charge in [0, 0.05) is 6.42 Å². The van der Waals surface area contributed by atoms with E-state index in [-0.39, 0.29) is 5.78 Å². The third kappa shape index (κ3) is 11.3. The molecule has 0 N–H and O–H groups in total. The highest BCUT2D eigenvalue weighted by Crippen LogP contribution is 2.14. The molecular weight excluding hydrogens is 209 g/mol. The van der Waals surface area contributed by atoms with Gasteiger partial charge in [-0.2, -0.15) is 13.2 Å². The molecule has 0 spiro atoms. The minimum Gasteiger partial charge on any atom is -0.364 e. The van der Waals surface area contributed by atoms with Gasteiger partial charge < -0.3 is 4.74 Å². The maximum atomic E-state index is 11.6. The Labute approximate surface area is 87.8 Å². The van der Waals surface area contributed by atoms with E-state index in [0.717, 1.165) is 25.7 Å². The fourth-order valence-electron chi connectivity index (χ4n) is 1.10. The van der Waals surface area contributed by atoms with Crippen LogP contribution in [0, 0.1) is 0 Å². The number of unbranched alkanes of at least 4 members (excludes halogenated alkanes) is 3. The van der Waals surface area contributed by atoms with E-state index in [1.165, 1.54) is 0 Å². The molecule has 0 bridgehead atoms. The first-order valence-electron chi connectivity index (χ1n) is 5.12. The lowest BCUT2D eigenvalue weighted by Gasteiger charge is -2.06. The summed E-state index contributed by atoms with van der Waals surface area (Å²) >= 11 is 0. The summed E-state index contributed by atoms with van der Waals surface area (Å²) in [5.74, 6) is -0.254. The Bertz CT molecular complexity index is 178. The highest BCUT2D eigenvalue weighted by molar-refractivity contribution is 5.79. The van der Waals surface area contributed by atoms with Crippen molar-refractivity contribution < 1.29 is 22.7 Å². The van der Waals surface area contributed by atoms with Gasteiger partial charge in [-0.1, -0.05) is 26.2 Å². The molecule has 2 nitrogen and oxygen atoms in total. The van der Waals surface area contributed by atoms with Crippen LogP contribution in [-0.4, -0.2) is 25.2 Å². The van der Waals surface area contributed by atoms with Crippen LogP contribution in [0.15, 0.2) is 0 Å². The number of ketones is 1. The Morgan fingerprint density at radius 2 is 1.87 bits per heavy atom. The molecule has 0 aromatic rings. The molecule has 0 aliphatic rings. The van der Waals surface area contributed by atoms with Gasteiger partial charge in [0.2, 0.25) is 0 Å². The van der Waals surface area contributed by atoms with Gasteiger partial charge in [-0.25, -0.2) is 0 Å². The zero-order valence-corrected chi connectivity index (χ0v) is 8.90. The summed E-state index contributed by atoms with van der Waals surface area (Å²) in [7, 11) is 0. The summed E-state index contributed by atoms with van der Waals surface area (Å²) in [6, 6.07) is 0. The van der Waals surface area contributed by atoms with E-state index in [0.29, 0.717) is 6.42 Å². The van der Waals surface area contributed by atoms with E-state index in [9.17, 15) is 18.0 Å². The molecule has 0 radical (unpaired) electrons. The van der Waals surface area contributed by atoms with E-state index in [1.807, 2.05) is 6.92 Å². The maximum absolute atomic E-state index is 11.6. The Hall–Kier alpha value is -0.580. The molecule has 0 unspecified atom stereocenters. The van der Waals surface area contributed by atoms with E-state index in [1.54, 1.807) is 0 Å². The quantitative estimate of drug-likeness (QED) is 0.594. The first-order valence-corrected chi connectivity index (χ1v) is 5.12. The number of ether oxygens (including phenoxy) is 1. The Balaban J connectivity index is 3.34. The van der Waals surface area contributed by atoms with Crippen LogP contribution in [0.3, 0.4) is 0 Å². The van der Waals surface area contributed by atoms with Crippen LogP contribution in [0.2, 0.25) is 0 Å². The monoisotopic (exact) mass is 226 g/mol. The third-order valence-corrected chi connectivity index (χ3v) is 1.84. The minimum absolute atomic E-state index is 0.254. The van der Waals surface area contributed by atoms with Gasteiger partial charge in [0.25, 0.3) is 0 Å². The molecule has 0 rings (SSSR count). The number of carbonyl (C=O) groups excluding carboxylic acids is 1. The molecule has 0 aliphatic heterocycles. The first-order chi connectivity index (χ1) is 6.95. The van der Waals surface area contributed by atoms with Crippen LogP contribution >= 0.6 is 0 Å². The number of alkyl halides is 3. The van der Waals surface area contributed by atoms with E-state index in [4.69, 9.17) is 0 Å². The summed E-state index contributed by atoms with van der Waals surface area (Å²) in [4.78, 5) is 11.0. The second kappa shape index (κ2) is 7.68. The molecule has 0 aromatic heterocycles. The molecule has 0 aromatic carbocycles. The molecule has 0 atom stereocenters. The second-order valence-corrected chi connectivity index (χ2v) is 3.46. The Morgan fingerprint density at radius 1 is 1.20 bits per heavy atom. The fraction of sp³-hybridized carbons (Fsp3) is 0.900. The SMILES string of the molecule is CCCCCCC(=O)COCC(F)(F)F. The largest absolute Gasteiger partial charge is 0.411 e. The zero-order valence-electron chi connectivity index (χ0n) is 8.90. The lowest BCUT2D eigenvalue weighted by atomic mass is 10.1. The topological polar surface area (TPSA) is 26.3 Å². The van der Waals surface area contributed by atoms with E-state index >= 15 is 0 Å². The predicted molar refractivity (Wildman–Crippen MR) is 50.6 cm³/mol. The van der Waals surface area contributed by atoms with Crippen LogP contribution in [0.5, 0.6) is 0 Å². The summed E-state index contributed by atoms with van der Waals surface area (Å²) in [5.41, 5.74) is 0. The average molecular weight is 226 g/mol. The zero-order chi connectivity index (χ0) is 11.7. The van der Waals surface area contributed by atoms with Crippen LogP contribution in [0.4, 0.5) is 13.2 Å². The summed E-state index contributed by atoms with van der Waals surface area (Å²) in [6.45, 7) is 0.285. The minimum atomic E-state index is -4.34. The van der Waals surface area contributed by atoms with Crippen molar-refractivity contribution in [3.8, 4) is 0 Å². The van der Waals surface area contributed by atoms with Crippen molar-refractivity contribution in [1.29, 1.82) is 0 Å². The molecule has 0 aliphatic carbocycles. The van der Waals surface area contributed by atoms with Crippen LogP contribution in [0.25, 0.3) is 0 Å². The number of carbonyl (C=O) groups is 1. The number of Topliss-reactive ketones (excluding diaryl/α,β-unsaturated/α-hetero) is 1. The van der Waals surface area contributed by atoms with Crippen LogP contribution in [-0.2, 0) is 9.53 Å². The summed E-state index contributed by atoms with van der Waals surface area (Å²) < 4.78 is 39.1. The van der Waals surface area contributed by atoms with Gasteiger partial charge in [0.1, 0.15) is 13.2 Å². The molecule has 0 heterocycles. The number of rotatable bonds is 8. The lowest BCUT2D eigenvalue weighted by molar-refractivity contribution is -0.175. The molecule has 90 valence electrons. The Kier molecular flexibility index (Phi) is 7.38. The van der Waals surface area contributed by atoms with Crippen molar-refractivity contribution in [2.24, 2.45) is 0 Å². The van der Waals surface area contributed by atoms with Crippen molar-refractivity contribution >= 4 is 5.78 Å². The van der Waals surface area contributed by atoms with Crippen molar-refractivity contribution in [2.75, 3.05) is 13.2 Å². The molecule has 0 saturated carbocycles. The highest BCUT2D eigenvalue weighted by Gasteiger charge is 2.27. The van der Waals surface area contributed by atoms with Crippen LogP contribution in [0.1, 0.15) is 39.0 Å². The number of hydrogen-bond acceptors (Lipinski definition) is 2. The van der Waals surface area contributed by atoms with E-state index in [2.05, 4.69) is 4.74 Å². The maximum Gasteiger partial charge on any atom is 0.411 e. The molecular formula is C10H17F3O2. The summed E-state index contributed by atoms with van der Waals surface area (Å²) in [6.07, 6.45) is -0.223. The molecule has 0 saturated heterocycles. The van der Waals surface area contributed by atoms with Gasteiger partial charge in [0.05, 0.1) is 0 Å². The van der Waals surface area contributed by atoms with Gasteiger partial charge in [-0.05, 0) is 6.42 Å². The fourth-order valence-corrected chi connectivity index (χ4v) is 1.10. The molecule has 0 amide bonds. The lowest BCUT2D eigenvalue weighted by Crippen LogP contribution is -2.20. The highest BCUT2D eigenvalue weighted by atomic mass is 19.4. The van der Waals surface area contributed by atoms with Gasteiger partial charge in [0.15, 0.2) is 5.78 Å². The normalized spacial score (nSPS) is 11.7. The van der Waals surface area contributed by atoms with E-state index < -0.39 is 19.4 Å². The van der Waals surface area contributed by atoms with Crippen molar-refractivity contribution in [1.82, 2.24) is 0 Å². The first kappa shape index (κ1) is 14.4. The number of halogens is 3. The third-order valence-electron chi connectivity index (χ3n) is 1.84. The standard InChI is InChI=1S/C10H17F3O2/c1-2-3-4-5-6-9(14)7-15-8-10(11,12)13/h2-8H2,1H3. The Morgan fingerprint density at radius 3 is 2.40 bits per heavy atom. The van der Waals surface area contributed by atoms with Crippen molar-refractivity contribution in [3.63, 3.8) is 0 Å². The van der Waals surface area contributed by atoms with Gasteiger partial charge in [-0.3, -0.25) is 4.79 Å². The second-order valence-electron chi connectivity index (χ2n) is 3.46. The smallest absolute Gasteiger partial charge is 0.364 e. The summed E-state index contributed by atoms with van der Waals surface area (Å²) in [5, 5.41) is 0.